The number of carbonyl (C=O) groups excluding carboxylic acids is 1. The van der Waals surface area contributed by atoms with Gasteiger partial charge in [-0.05, 0) is 30.7 Å². The van der Waals surface area contributed by atoms with Crippen molar-refractivity contribution in [3.8, 4) is 0 Å². The summed E-state index contributed by atoms with van der Waals surface area (Å²) in [7, 11) is 1.23. The highest BCUT2D eigenvalue weighted by molar-refractivity contribution is 5.89. The van der Waals surface area contributed by atoms with Gasteiger partial charge in [0.25, 0.3) is 0 Å². The number of halogens is 1. The van der Waals surface area contributed by atoms with Gasteiger partial charge in [0.15, 0.2) is 0 Å². The first-order valence-electron chi connectivity index (χ1n) is 6.67. The van der Waals surface area contributed by atoms with Gasteiger partial charge in [-0.15, -0.1) is 0 Å². The van der Waals surface area contributed by atoms with Crippen LogP contribution in [0.1, 0.15) is 22.8 Å². The number of rotatable bonds is 6. The van der Waals surface area contributed by atoms with E-state index in [4.69, 9.17) is 0 Å². The molecule has 0 radical (unpaired) electrons. The number of hydrogen-bond donors (Lipinski definition) is 1. The molecular formula is C15H18FN3O2. The third kappa shape index (κ3) is 4.13. The average Bonchev–Trinajstić information content (AvgIpc) is 2.97. The molecule has 0 saturated heterocycles. The molecule has 1 aromatic carbocycles. The fourth-order valence-corrected chi connectivity index (χ4v) is 1.99. The molecule has 0 spiro atoms. The Morgan fingerprint density at radius 1 is 1.52 bits per heavy atom. The second kappa shape index (κ2) is 6.99. The van der Waals surface area contributed by atoms with Gasteiger partial charge in [0.2, 0.25) is 0 Å². The van der Waals surface area contributed by atoms with E-state index in [2.05, 4.69) is 15.2 Å². The molecule has 6 heteroatoms. The minimum Gasteiger partial charge on any atom is -0.465 e. The van der Waals surface area contributed by atoms with E-state index in [0.717, 1.165) is 12.1 Å². The Hall–Kier alpha value is -2.21. The predicted octanol–water partition coefficient (Wildman–Crippen LogP) is 1.99. The van der Waals surface area contributed by atoms with Crippen LogP contribution in [0.4, 0.5) is 4.39 Å². The van der Waals surface area contributed by atoms with Crippen molar-refractivity contribution in [2.45, 2.75) is 26.1 Å². The summed E-state index contributed by atoms with van der Waals surface area (Å²) in [6, 6.07) is 6.56. The SMILES string of the molecule is COC(=O)c1ccc(CNC(C)Cn2cccn2)cc1F. The number of nitrogens with one attached hydrogen (secondary N) is 1. The number of hydrogen-bond acceptors (Lipinski definition) is 4. The van der Waals surface area contributed by atoms with Gasteiger partial charge in [0, 0.05) is 25.0 Å². The normalized spacial score (nSPS) is 12.1. The molecule has 0 aliphatic rings. The van der Waals surface area contributed by atoms with Crippen molar-refractivity contribution < 1.29 is 13.9 Å². The lowest BCUT2D eigenvalue weighted by atomic mass is 10.1. The highest BCUT2D eigenvalue weighted by Crippen LogP contribution is 2.11. The van der Waals surface area contributed by atoms with Crippen molar-refractivity contribution in [2.75, 3.05) is 7.11 Å². The molecule has 0 amide bonds. The second-order valence-corrected chi connectivity index (χ2v) is 4.82. The molecule has 0 fully saturated rings. The van der Waals surface area contributed by atoms with E-state index in [9.17, 15) is 9.18 Å². The predicted molar refractivity (Wildman–Crippen MR) is 76.3 cm³/mol. The molecule has 0 saturated carbocycles. The smallest absolute Gasteiger partial charge is 0.340 e. The monoisotopic (exact) mass is 291 g/mol. The third-order valence-electron chi connectivity index (χ3n) is 3.11. The number of carbonyl (C=O) groups is 1. The van der Waals surface area contributed by atoms with Crippen LogP contribution in [0.25, 0.3) is 0 Å². The number of ether oxygens (including phenoxy) is 1. The van der Waals surface area contributed by atoms with Gasteiger partial charge < -0.3 is 10.1 Å². The molecule has 112 valence electrons. The van der Waals surface area contributed by atoms with Gasteiger partial charge in [-0.1, -0.05) is 6.07 Å². The van der Waals surface area contributed by atoms with Crippen molar-refractivity contribution >= 4 is 5.97 Å². The van der Waals surface area contributed by atoms with Crippen molar-refractivity contribution in [1.82, 2.24) is 15.1 Å². The molecule has 5 nitrogen and oxygen atoms in total. The quantitative estimate of drug-likeness (QED) is 0.827. The Morgan fingerprint density at radius 3 is 2.95 bits per heavy atom. The summed E-state index contributed by atoms with van der Waals surface area (Å²) in [5.74, 6) is -1.24. The molecule has 1 heterocycles. The van der Waals surface area contributed by atoms with Gasteiger partial charge in [-0.25, -0.2) is 9.18 Å². The first-order chi connectivity index (χ1) is 10.1. The maximum Gasteiger partial charge on any atom is 0.340 e. The van der Waals surface area contributed by atoms with E-state index in [1.54, 1.807) is 12.3 Å². The summed E-state index contributed by atoms with van der Waals surface area (Å²) in [6.45, 7) is 3.28. The van der Waals surface area contributed by atoms with Crippen molar-refractivity contribution in [3.63, 3.8) is 0 Å². The molecule has 2 rings (SSSR count). The van der Waals surface area contributed by atoms with Gasteiger partial charge in [-0.3, -0.25) is 4.68 Å². The summed E-state index contributed by atoms with van der Waals surface area (Å²) in [4.78, 5) is 11.3. The summed E-state index contributed by atoms with van der Waals surface area (Å²) >= 11 is 0. The molecule has 1 aromatic heterocycles. The van der Waals surface area contributed by atoms with E-state index in [0.29, 0.717) is 6.54 Å². The van der Waals surface area contributed by atoms with E-state index >= 15 is 0 Å². The van der Waals surface area contributed by atoms with Gasteiger partial charge in [0.1, 0.15) is 5.82 Å². The zero-order valence-electron chi connectivity index (χ0n) is 12.0. The lowest BCUT2D eigenvalue weighted by Gasteiger charge is -2.14. The molecule has 21 heavy (non-hydrogen) atoms. The summed E-state index contributed by atoms with van der Waals surface area (Å²) in [5, 5.41) is 7.41. The Balaban J connectivity index is 1.91. The van der Waals surface area contributed by atoms with E-state index in [1.807, 2.05) is 23.9 Å². The molecule has 0 aliphatic carbocycles. The fourth-order valence-electron chi connectivity index (χ4n) is 1.99. The van der Waals surface area contributed by atoms with E-state index in [1.165, 1.54) is 19.2 Å². The maximum atomic E-state index is 13.8. The van der Waals surface area contributed by atoms with Crippen LogP contribution in [-0.2, 0) is 17.8 Å². The third-order valence-corrected chi connectivity index (χ3v) is 3.11. The first-order valence-corrected chi connectivity index (χ1v) is 6.67. The van der Waals surface area contributed by atoms with E-state index < -0.39 is 11.8 Å². The minimum atomic E-state index is -0.668. The van der Waals surface area contributed by atoms with Gasteiger partial charge in [-0.2, -0.15) is 5.10 Å². The van der Waals surface area contributed by atoms with Crippen LogP contribution in [0, 0.1) is 5.82 Å². The van der Waals surface area contributed by atoms with Gasteiger partial charge in [0.05, 0.1) is 19.2 Å². The number of nitrogens with zero attached hydrogens (tertiary/aromatic N) is 2. The number of benzene rings is 1. The molecule has 1 unspecified atom stereocenters. The highest BCUT2D eigenvalue weighted by Gasteiger charge is 2.12. The van der Waals surface area contributed by atoms with Crippen molar-refractivity contribution in [3.05, 3.63) is 53.6 Å². The Morgan fingerprint density at radius 2 is 2.33 bits per heavy atom. The first kappa shape index (κ1) is 15.2. The zero-order chi connectivity index (χ0) is 15.2. The molecule has 1 N–H and O–H groups in total. The van der Waals surface area contributed by atoms with Crippen LogP contribution in [0.2, 0.25) is 0 Å². The fraction of sp³-hybridized carbons (Fsp3) is 0.333. The van der Waals surface area contributed by atoms with Gasteiger partial charge >= 0.3 is 5.97 Å². The number of methoxy groups -OCH3 is 1. The minimum absolute atomic E-state index is 0.0501. The standard InChI is InChI=1S/C15H18FN3O2/c1-11(10-19-7-3-6-18-19)17-9-12-4-5-13(14(16)8-12)15(20)21-2/h3-8,11,17H,9-10H2,1-2H3. The van der Waals surface area contributed by atoms with Crippen LogP contribution in [-0.4, -0.2) is 28.9 Å². The van der Waals surface area contributed by atoms with Crippen LogP contribution < -0.4 is 5.32 Å². The van der Waals surface area contributed by atoms with Crippen LogP contribution in [0.15, 0.2) is 36.7 Å². The maximum absolute atomic E-state index is 13.8. The average molecular weight is 291 g/mol. The van der Waals surface area contributed by atoms with Crippen molar-refractivity contribution in [2.24, 2.45) is 0 Å². The lowest BCUT2D eigenvalue weighted by molar-refractivity contribution is 0.0595. The lowest BCUT2D eigenvalue weighted by Crippen LogP contribution is -2.30. The molecule has 2 aromatic rings. The molecule has 0 aliphatic heterocycles. The summed E-state index contributed by atoms with van der Waals surface area (Å²) in [5.41, 5.74) is 0.721. The van der Waals surface area contributed by atoms with Crippen molar-refractivity contribution in [1.29, 1.82) is 0 Å². The second-order valence-electron chi connectivity index (χ2n) is 4.82. The molecule has 0 bridgehead atoms. The zero-order valence-corrected chi connectivity index (χ0v) is 12.0. The van der Waals surface area contributed by atoms with Crippen LogP contribution in [0.3, 0.4) is 0 Å². The largest absolute Gasteiger partial charge is 0.465 e. The molecule has 1 atom stereocenters. The molecular weight excluding hydrogens is 273 g/mol. The van der Waals surface area contributed by atoms with Crippen LogP contribution in [0.5, 0.6) is 0 Å². The number of esters is 1. The summed E-state index contributed by atoms with van der Waals surface area (Å²) in [6.07, 6.45) is 3.62. The Kier molecular flexibility index (Phi) is 5.05. The Bertz CT molecular complexity index is 599. The number of aromatic nitrogens is 2. The topological polar surface area (TPSA) is 56.1 Å². The Labute approximate surface area is 122 Å². The van der Waals surface area contributed by atoms with Crippen LogP contribution >= 0.6 is 0 Å². The summed E-state index contributed by atoms with van der Waals surface area (Å²) < 4.78 is 20.1. The van der Waals surface area contributed by atoms with E-state index in [-0.39, 0.29) is 11.6 Å². The highest BCUT2D eigenvalue weighted by atomic mass is 19.1.